The van der Waals surface area contributed by atoms with Crippen LogP contribution in [-0.4, -0.2) is 24.6 Å². The first-order valence-corrected chi connectivity index (χ1v) is 6.16. The van der Waals surface area contributed by atoms with Crippen molar-refractivity contribution in [1.82, 2.24) is 0 Å². The second-order valence-corrected chi connectivity index (χ2v) is 4.41. The summed E-state index contributed by atoms with van der Waals surface area (Å²) in [6.07, 6.45) is 4.61. The first kappa shape index (κ1) is 13.4. The Balaban J connectivity index is 2.13. The van der Waals surface area contributed by atoms with Crippen LogP contribution in [0.5, 0.6) is 11.5 Å². The van der Waals surface area contributed by atoms with Crippen molar-refractivity contribution >= 4 is 28.4 Å². The summed E-state index contributed by atoms with van der Waals surface area (Å²) in [5.74, 6) is 1.05. The smallest absolute Gasteiger partial charge is 0.172 e. The van der Waals surface area contributed by atoms with Crippen LogP contribution in [0.2, 0.25) is 0 Å². The first-order chi connectivity index (χ1) is 9.20. The topological polar surface area (TPSA) is 67.3 Å². The van der Waals surface area contributed by atoms with Gasteiger partial charge < -0.3 is 14.3 Å². The predicted molar refractivity (Wildman–Crippen MR) is 76.3 cm³/mol. The normalized spacial score (nSPS) is 11.5. The molecule has 19 heavy (non-hydrogen) atoms. The van der Waals surface area contributed by atoms with Crippen molar-refractivity contribution in [2.45, 2.75) is 0 Å². The highest BCUT2D eigenvalue weighted by Crippen LogP contribution is 2.34. The quantitative estimate of drug-likeness (QED) is 0.694. The fourth-order valence-corrected chi connectivity index (χ4v) is 1.84. The lowest BCUT2D eigenvalue weighted by Gasteiger charge is -2.05. The third-order valence-corrected chi connectivity index (χ3v) is 2.88. The van der Waals surface area contributed by atoms with Gasteiger partial charge in [-0.1, -0.05) is 0 Å². The Kier molecular flexibility index (Phi) is 4.35. The number of phenols is 1. The van der Waals surface area contributed by atoms with E-state index in [-0.39, 0.29) is 5.75 Å². The molecule has 0 aliphatic carbocycles. The van der Waals surface area contributed by atoms with E-state index in [0.717, 1.165) is 5.56 Å². The predicted octanol–water partition coefficient (Wildman–Crippen LogP) is 3.21. The molecule has 2 rings (SSSR count). The van der Waals surface area contributed by atoms with Crippen LogP contribution in [0, 0.1) is 0 Å². The highest BCUT2D eigenvalue weighted by Gasteiger charge is 2.07. The molecule has 0 radical (unpaired) electrons. The van der Waals surface area contributed by atoms with Crippen molar-refractivity contribution in [2.75, 3.05) is 7.11 Å². The minimum Gasteiger partial charge on any atom is -0.503 e. The molecule has 5 nitrogen and oxygen atoms in total. The Labute approximate surface area is 118 Å². The number of benzene rings is 1. The Morgan fingerprint density at radius 3 is 2.79 bits per heavy atom. The van der Waals surface area contributed by atoms with E-state index in [4.69, 9.17) is 9.15 Å². The van der Waals surface area contributed by atoms with Gasteiger partial charge >= 0.3 is 0 Å². The molecule has 1 aromatic heterocycles. The van der Waals surface area contributed by atoms with Gasteiger partial charge in [0, 0.05) is 0 Å². The summed E-state index contributed by atoms with van der Waals surface area (Å²) in [5.41, 5.74) is 0.748. The maximum atomic E-state index is 9.66. The number of nitrogens with zero attached hydrogens (tertiary/aromatic N) is 2. The molecular formula is C13H11BrN2O3. The highest BCUT2D eigenvalue weighted by atomic mass is 79.9. The number of aromatic hydroxyl groups is 1. The van der Waals surface area contributed by atoms with Gasteiger partial charge in [-0.15, -0.1) is 0 Å². The first-order valence-electron chi connectivity index (χ1n) is 5.37. The number of furan rings is 1. The average Bonchev–Trinajstić information content (AvgIpc) is 2.91. The molecule has 1 N–H and O–H groups in total. The molecule has 98 valence electrons. The highest BCUT2D eigenvalue weighted by molar-refractivity contribution is 9.10. The summed E-state index contributed by atoms with van der Waals surface area (Å²) >= 11 is 3.23. The lowest BCUT2D eigenvalue weighted by molar-refractivity contribution is 0.372. The van der Waals surface area contributed by atoms with Crippen LogP contribution in [0.25, 0.3) is 0 Å². The minimum absolute atomic E-state index is 0.0544. The monoisotopic (exact) mass is 322 g/mol. The molecule has 0 bridgehead atoms. The molecule has 0 atom stereocenters. The minimum atomic E-state index is 0.0544. The van der Waals surface area contributed by atoms with Crippen LogP contribution in [0.15, 0.2) is 49.6 Å². The third-order valence-electron chi connectivity index (χ3n) is 2.27. The fraction of sp³-hybridized carbons (Fsp3) is 0.0769. The maximum absolute atomic E-state index is 9.66. The van der Waals surface area contributed by atoms with Gasteiger partial charge in [-0.05, 0) is 45.8 Å². The molecule has 0 fully saturated rings. The molecule has 1 heterocycles. The van der Waals surface area contributed by atoms with Crippen molar-refractivity contribution < 1.29 is 14.3 Å². The fourth-order valence-electron chi connectivity index (χ4n) is 1.38. The molecule has 0 spiro atoms. The zero-order valence-corrected chi connectivity index (χ0v) is 11.7. The van der Waals surface area contributed by atoms with Crippen molar-refractivity contribution in [3.8, 4) is 11.5 Å². The van der Waals surface area contributed by atoms with Gasteiger partial charge in [-0.25, -0.2) is 0 Å². The van der Waals surface area contributed by atoms with E-state index in [2.05, 4.69) is 26.1 Å². The average molecular weight is 323 g/mol. The summed E-state index contributed by atoms with van der Waals surface area (Å²) < 4.78 is 10.6. The van der Waals surface area contributed by atoms with Gasteiger partial charge in [0.15, 0.2) is 11.5 Å². The number of phenolic OH excluding ortho intramolecular Hbond substituents is 1. The molecule has 1 aromatic carbocycles. The van der Waals surface area contributed by atoms with E-state index in [1.807, 2.05) is 0 Å². The number of ether oxygens (including phenoxy) is 1. The van der Waals surface area contributed by atoms with Crippen molar-refractivity contribution in [1.29, 1.82) is 0 Å². The molecule has 0 aliphatic rings. The molecule has 0 saturated heterocycles. The number of halogens is 1. The summed E-state index contributed by atoms with van der Waals surface area (Å²) in [5, 5.41) is 17.4. The molecule has 2 aromatic rings. The van der Waals surface area contributed by atoms with Crippen LogP contribution in [0.1, 0.15) is 11.3 Å². The van der Waals surface area contributed by atoms with Crippen LogP contribution >= 0.6 is 15.9 Å². The number of rotatable bonds is 4. The Morgan fingerprint density at radius 2 is 2.11 bits per heavy atom. The van der Waals surface area contributed by atoms with E-state index in [1.54, 1.807) is 36.7 Å². The molecule has 0 saturated carbocycles. The molecule has 0 amide bonds. The maximum Gasteiger partial charge on any atom is 0.172 e. The lowest BCUT2D eigenvalue weighted by Crippen LogP contribution is -1.88. The third kappa shape index (κ3) is 3.45. The van der Waals surface area contributed by atoms with Gasteiger partial charge in [0.1, 0.15) is 5.76 Å². The summed E-state index contributed by atoms with van der Waals surface area (Å²) in [6.45, 7) is 0. The number of hydrogen-bond acceptors (Lipinski definition) is 5. The zero-order chi connectivity index (χ0) is 13.7. The van der Waals surface area contributed by atoms with E-state index >= 15 is 0 Å². The Hall–Kier alpha value is -2.08. The Morgan fingerprint density at radius 1 is 1.32 bits per heavy atom. The Bertz CT molecular complexity index is 607. The van der Waals surface area contributed by atoms with Gasteiger partial charge in [-0.3, -0.25) is 0 Å². The molecule has 0 unspecified atom stereocenters. The van der Waals surface area contributed by atoms with Gasteiger partial charge in [-0.2, -0.15) is 10.2 Å². The second kappa shape index (κ2) is 6.19. The van der Waals surface area contributed by atoms with E-state index in [0.29, 0.717) is 16.0 Å². The van der Waals surface area contributed by atoms with Crippen molar-refractivity contribution in [2.24, 2.45) is 10.2 Å². The lowest BCUT2D eigenvalue weighted by atomic mass is 10.2. The van der Waals surface area contributed by atoms with Crippen LogP contribution in [0.3, 0.4) is 0 Å². The molecule has 6 heteroatoms. The summed E-state index contributed by atoms with van der Waals surface area (Å²) in [6, 6.07) is 6.92. The van der Waals surface area contributed by atoms with Crippen LogP contribution in [0.4, 0.5) is 0 Å². The number of methoxy groups -OCH3 is 1. The van der Waals surface area contributed by atoms with Crippen molar-refractivity contribution in [3.05, 3.63) is 46.3 Å². The second-order valence-electron chi connectivity index (χ2n) is 3.56. The van der Waals surface area contributed by atoms with E-state index in [1.165, 1.54) is 13.3 Å². The number of hydrogen-bond donors (Lipinski definition) is 1. The van der Waals surface area contributed by atoms with Crippen molar-refractivity contribution in [3.63, 3.8) is 0 Å². The van der Waals surface area contributed by atoms with Gasteiger partial charge in [0.25, 0.3) is 0 Å². The summed E-state index contributed by atoms with van der Waals surface area (Å²) in [7, 11) is 1.48. The van der Waals surface area contributed by atoms with Crippen LogP contribution in [-0.2, 0) is 0 Å². The standard InChI is InChI=1S/C13H11BrN2O3/c1-18-12-6-9(5-11(14)13(12)17)7-15-16-8-10-3-2-4-19-10/h2-8,17H,1H3/b15-7+,16-8?. The zero-order valence-electron chi connectivity index (χ0n) is 10.1. The van der Waals surface area contributed by atoms with Crippen LogP contribution < -0.4 is 4.74 Å². The summed E-state index contributed by atoms with van der Waals surface area (Å²) in [4.78, 5) is 0. The SMILES string of the molecule is COc1cc(/C=N/N=Cc2ccco2)cc(Br)c1O. The van der Waals surface area contributed by atoms with Gasteiger partial charge in [0.2, 0.25) is 0 Å². The van der Waals surface area contributed by atoms with E-state index in [9.17, 15) is 5.11 Å². The van der Waals surface area contributed by atoms with Gasteiger partial charge in [0.05, 0.1) is 30.3 Å². The van der Waals surface area contributed by atoms with E-state index < -0.39 is 0 Å². The largest absolute Gasteiger partial charge is 0.503 e. The molecule has 0 aliphatic heterocycles. The molecular weight excluding hydrogens is 312 g/mol.